The van der Waals surface area contributed by atoms with Gasteiger partial charge in [0, 0.05) is 0 Å². The van der Waals surface area contributed by atoms with Crippen LogP contribution in [-0.2, 0) is 4.79 Å². The molecule has 0 amide bonds. The van der Waals surface area contributed by atoms with E-state index in [0.717, 1.165) is 25.5 Å². The molecule has 1 atom stereocenters. The topological polar surface area (TPSA) is 43.1 Å². The van der Waals surface area contributed by atoms with Gasteiger partial charge in [0.15, 0.2) is 0 Å². The predicted molar refractivity (Wildman–Crippen MR) is 63.2 cm³/mol. The van der Waals surface area contributed by atoms with Gasteiger partial charge in [-0.3, -0.25) is 0 Å². The van der Waals surface area contributed by atoms with E-state index in [4.69, 9.17) is 5.73 Å². The number of carbonyl (C=O) groups is 1. The van der Waals surface area contributed by atoms with E-state index in [0.29, 0.717) is 0 Å². The lowest BCUT2D eigenvalue weighted by atomic mass is 10.2. The Morgan fingerprint density at radius 1 is 1.21 bits per heavy atom. The van der Waals surface area contributed by atoms with E-state index < -0.39 is 0 Å². The molecule has 0 heterocycles. The van der Waals surface area contributed by atoms with Gasteiger partial charge in [-0.15, -0.1) is 0 Å². The van der Waals surface area contributed by atoms with Crippen molar-refractivity contribution in [1.82, 2.24) is 0 Å². The number of carbonyl (C=O) groups excluding carboxylic acids is 1. The molecule has 0 aliphatic heterocycles. The van der Waals surface area contributed by atoms with E-state index in [2.05, 4.69) is 13.0 Å². The molecule has 0 bridgehead atoms. The van der Waals surface area contributed by atoms with E-state index in [-0.39, 0.29) is 6.04 Å². The Bertz CT molecular complexity index is 162. The quantitative estimate of drug-likeness (QED) is 0.525. The summed E-state index contributed by atoms with van der Waals surface area (Å²) in [5.74, 6) is 0. The minimum atomic E-state index is -0.301. The average molecular weight is 197 g/mol. The van der Waals surface area contributed by atoms with Crippen molar-refractivity contribution < 1.29 is 4.79 Å². The second-order valence-corrected chi connectivity index (χ2v) is 2.64. The Kier molecular flexibility index (Phi) is 16.3. The number of aldehydes is 1. The highest BCUT2D eigenvalue weighted by Gasteiger charge is 1.94. The molecule has 0 radical (unpaired) electrons. The third kappa shape index (κ3) is 13.7. The molecule has 0 rings (SSSR count). The van der Waals surface area contributed by atoms with Gasteiger partial charge in [0.25, 0.3) is 0 Å². The van der Waals surface area contributed by atoms with E-state index in [1.165, 1.54) is 0 Å². The second-order valence-electron chi connectivity index (χ2n) is 2.64. The molecule has 14 heavy (non-hydrogen) atoms. The van der Waals surface area contributed by atoms with Gasteiger partial charge < -0.3 is 10.5 Å². The first-order valence-corrected chi connectivity index (χ1v) is 5.33. The number of rotatable bonds is 6. The Balaban J connectivity index is 0. The highest BCUT2D eigenvalue weighted by atomic mass is 16.1. The van der Waals surface area contributed by atoms with Gasteiger partial charge in [-0.25, -0.2) is 0 Å². The van der Waals surface area contributed by atoms with Crippen molar-refractivity contribution in [3.8, 4) is 0 Å². The Hall–Kier alpha value is -0.890. The van der Waals surface area contributed by atoms with Gasteiger partial charge in [0.2, 0.25) is 0 Å². The lowest BCUT2D eigenvalue weighted by molar-refractivity contribution is -0.109. The van der Waals surface area contributed by atoms with Crippen LogP contribution >= 0.6 is 0 Å². The molecule has 1 unspecified atom stereocenters. The molecule has 82 valence electrons. The summed E-state index contributed by atoms with van der Waals surface area (Å²) in [4.78, 5) is 10.1. The van der Waals surface area contributed by atoms with Crippen LogP contribution in [0.15, 0.2) is 24.3 Å². The van der Waals surface area contributed by atoms with Crippen LogP contribution in [0.25, 0.3) is 0 Å². The molecule has 0 aromatic rings. The first-order valence-electron chi connectivity index (χ1n) is 5.33. The fourth-order valence-corrected chi connectivity index (χ4v) is 0.746. The summed E-state index contributed by atoms with van der Waals surface area (Å²) in [6.07, 6.45) is 11.5. The first kappa shape index (κ1) is 15.6. The van der Waals surface area contributed by atoms with Crippen molar-refractivity contribution in [3.05, 3.63) is 24.3 Å². The van der Waals surface area contributed by atoms with Crippen LogP contribution < -0.4 is 5.73 Å². The van der Waals surface area contributed by atoms with Crippen LogP contribution in [0, 0.1) is 0 Å². The molecule has 0 aromatic carbocycles. The van der Waals surface area contributed by atoms with E-state index >= 15 is 0 Å². The SMILES string of the molecule is CC.CC/C=C\C=C/CCC(N)C=O. The maximum absolute atomic E-state index is 10.1. The lowest BCUT2D eigenvalue weighted by Crippen LogP contribution is -2.20. The molecular formula is C12H23NO. The molecule has 2 nitrogen and oxygen atoms in total. The Morgan fingerprint density at radius 2 is 1.79 bits per heavy atom. The van der Waals surface area contributed by atoms with Crippen molar-refractivity contribution in [2.45, 2.75) is 46.1 Å². The molecule has 0 saturated heterocycles. The molecule has 0 saturated carbocycles. The third-order valence-corrected chi connectivity index (χ3v) is 1.46. The summed E-state index contributed by atoms with van der Waals surface area (Å²) in [5.41, 5.74) is 5.39. The molecule has 0 spiro atoms. The van der Waals surface area contributed by atoms with Crippen molar-refractivity contribution in [2.75, 3.05) is 0 Å². The monoisotopic (exact) mass is 197 g/mol. The number of nitrogens with two attached hydrogens (primary N) is 1. The fourth-order valence-electron chi connectivity index (χ4n) is 0.746. The Morgan fingerprint density at radius 3 is 2.29 bits per heavy atom. The Labute approximate surface area is 87.9 Å². The molecular weight excluding hydrogens is 174 g/mol. The van der Waals surface area contributed by atoms with Crippen molar-refractivity contribution in [2.24, 2.45) is 5.73 Å². The van der Waals surface area contributed by atoms with E-state index in [1.54, 1.807) is 0 Å². The highest BCUT2D eigenvalue weighted by molar-refractivity contribution is 5.56. The second kappa shape index (κ2) is 14.6. The molecule has 2 heteroatoms. The van der Waals surface area contributed by atoms with Gasteiger partial charge in [-0.2, -0.15) is 0 Å². The number of hydrogen-bond donors (Lipinski definition) is 1. The largest absolute Gasteiger partial charge is 0.322 e. The smallest absolute Gasteiger partial charge is 0.136 e. The zero-order valence-corrected chi connectivity index (χ0v) is 9.57. The third-order valence-electron chi connectivity index (χ3n) is 1.46. The predicted octanol–water partition coefficient (Wildman–Crippen LogP) is 2.84. The number of hydrogen-bond acceptors (Lipinski definition) is 2. The van der Waals surface area contributed by atoms with Crippen LogP contribution in [-0.4, -0.2) is 12.3 Å². The molecule has 2 N–H and O–H groups in total. The van der Waals surface area contributed by atoms with Crippen LogP contribution in [0.2, 0.25) is 0 Å². The molecule has 0 aliphatic carbocycles. The van der Waals surface area contributed by atoms with Crippen molar-refractivity contribution in [1.29, 1.82) is 0 Å². The first-order chi connectivity index (χ1) is 6.81. The molecule has 0 aromatic heterocycles. The standard InChI is InChI=1S/C10H17NO.C2H6/c1-2-3-4-5-6-7-8-10(11)9-12;1-2/h3-6,9-10H,2,7-8,11H2,1H3;1-2H3/b4-3-,6-5-;. The summed E-state index contributed by atoms with van der Waals surface area (Å²) >= 11 is 0. The highest BCUT2D eigenvalue weighted by Crippen LogP contribution is 1.94. The minimum Gasteiger partial charge on any atom is -0.322 e. The van der Waals surface area contributed by atoms with Crippen LogP contribution in [0.4, 0.5) is 0 Å². The minimum absolute atomic E-state index is 0.301. The molecule has 0 aliphatic rings. The van der Waals surface area contributed by atoms with E-state index in [9.17, 15) is 4.79 Å². The lowest BCUT2D eigenvalue weighted by Gasteiger charge is -1.97. The zero-order valence-electron chi connectivity index (χ0n) is 9.57. The van der Waals surface area contributed by atoms with Crippen molar-refractivity contribution >= 4 is 6.29 Å². The van der Waals surface area contributed by atoms with Crippen LogP contribution in [0.1, 0.15) is 40.0 Å². The molecule has 0 fully saturated rings. The van der Waals surface area contributed by atoms with E-state index in [1.807, 2.05) is 32.1 Å². The summed E-state index contributed by atoms with van der Waals surface area (Å²) in [6, 6.07) is -0.301. The van der Waals surface area contributed by atoms with Crippen molar-refractivity contribution in [3.63, 3.8) is 0 Å². The summed E-state index contributed by atoms with van der Waals surface area (Å²) < 4.78 is 0. The normalized spacial score (nSPS) is 12.6. The van der Waals surface area contributed by atoms with Crippen LogP contribution in [0.3, 0.4) is 0 Å². The van der Waals surface area contributed by atoms with Gasteiger partial charge in [0.05, 0.1) is 6.04 Å². The van der Waals surface area contributed by atoms with Crippen LogP contribution in [0.5, 0.6) is 0 Å². The maximum Gasteiger partial charge on any atom is 0.136 e. The zero-order chi connectivity index (χ0) is 11.2. The summed E-state index contributed by atoms with van der Waals surface area (Å²) in [6.45, 7) is 6.09. The van der Waals surface area contributed by atoms with Gasteiger partial charge in [-0.1, -0.05) is 45.1 Å². The summed E-state index contributed by atoms with van der Waals surface area (Å²) in [5, 5.41) is 0. The van der Waals surface area contributed by atoms with Gasteiger partial charge in [0.1, 0.15) is 6.29 Å². The number of allylic oxidation sites excluding steroid dienone is 4. The van der Waals surface area contributed by atoms with Gasteiger partial charge in [-0.05, 0) is 19.3 Å². The fraction of sp³-hybridized carbons (Fsp3) is 0.583. The van der Waals surface area contributed by atoms with Gasteiger partial charge >= 0.3 is 0 Å². The summed E-state index contributed by atoms with van der Waals surface area (Å²) in [7, 11) is 0. The average Bonchev–Trinajstić information content (AvgIpc) is 2.25. The maximum atomic E-state index is 10.1.